The van der Waals surface area contributed by atoms with Gasteiger partial charge in [0.15, 0.2) is 5.69 Å². The number of carbonyl (C=O) groups excluding carboxylic acids is 1. The maximum atomic E-state index is 13.2. The lowest BCUT2D eigenvalue weighted by atomic mass is 10.1. The second kappa shape index (κ2) is 8.01. The molecule has 4 rings (SSSR count). The van der Waals surface area contributed by atoms with E-state index < -0.39 is 17.6 Å². The van der Waals surface area contributed by atoms with E-state index >= 15 is 0 Å². The minimum Gasteiger partial charge on any atom is -0.346 e. The highest BCUT2D eigenvalue weighted by molar-refractivity contribution is 5.91. The normalized spacial score (nSPS) is 11.5. The van der Waals surface area contributed by atoms with Crippen molar-refractivity contribution < 1.29 is 18.0 Å². The highest BCUT2D eigenvalue weighted by Crippen LogP contribution is 2.33. The number of pyridine rings is 1. The number of rotatable bonds is 5. The van der Waals surface area contributed by atoms with Crippen LogP contribution in [0.3, 0.4) is 0 Å². The molecule has 0 aliphatic carbocycles. The molecule has 11 heteroatoms. The van der Waals surface area contributed by atoms with Gasteiger partial charge in [0.25, 0.3) is 5.91 Å². The third kappa shape index (κ3) is 4.29. The van der Waals surface area contributed by atoms with E-state index in [4.69, 9.17) is 0 Å². The van der Waals surface area contributed by atoms with E-state index in [0.29, 0.717) is 5.82 Å². The average Bonchev–Trinajstić information content (AvgIpc) is 3.41. The van der Waals surface area contributed by atoms with Crippen molar-refractivity contribution in [2.75, 3.05) is 0 Å². The van der Waals surface area contributed by atoms with Crippen molar-refractivity contribution in [2.45, 2.75) is 19.6 Å². The zero-order valence-corrected chi connectivity index (χ0v) is 16.2. The summed E-state index contributed by atoms with van der Waals surface area (Å²) < 4.78 is 42.3. The molecule has 0 spiro atoms. The van der Waals surface area contributed by atoms with Crippen LogP contribution in [-0.4, -0.2) is 35.4 Å². The zero-order chi connectivity index (χ0) is 22.0. The van der Waals surface area contributed by atoms with Crippen LogP contribution in [0.2, 0.25) is 0 Å². The summed E-state index contributed by atoms with van der Waals surface area (Å²) in [4.78, 5) is 20.8. The topological polar surface area (TPSA) is 90.5 Å². The van der Waals surface area contributed by atoms with Gasteiger partial charge in [0, 0.05) is 25.1 Å². The molecule has 0 saturated carbocycles. The smallest absolute Gasteiger partial charge is 0.346 e. The fourth-order valence-electron chi connectivity index (χ4n) is 2.96. The van der Waals surface area contributed by atoms with Gasteiger partial charge in [-0.1, -0.05) is 23.4 Å². The van der Waals surface area contributed by atoms with Gasteiger partial charge in [-0.05, 0) is 30.7 Å². The number of hydrogen-bond donors (Lipinski definition) is 1. The van der Waals surface area contributed by atoms with Gasteiger partial charge in [0.05, 0.1) is 17.4 Å². The number of halogens is 3. The Labute approximate surface area is 174 Å². The molecular weight excluding hydrogens is 411 g/mol. The van der Waals surface area contributed by atoms with Gasteiger partial charge in [-0.25, -0.2) is 14.6 Å². The summed E-state index contributed by atoms with van der Waals surface area (Å²) in [5, 5.41) is 10.0. The Kier molecular flexibility index (Phi) is 5.24. The third-order valence-corrected chi connectivity index (χ3v) is 4.52. The molecule has 31 heavy (non-hydrogen) atoms. The Morgan fingerprint density at radius 1 is 1.13 bits per heavy atom. The lowest BCUT2D eigenvalue weighted by Crippen LogP contribution is -2.23. The molecule has 158 valence electrons. The molecule has 0 unspecified atom stereocenters. The van der Waals surface area contributed by atoms with Crippen LogP contribution in [0.4, 0.5) is 13.2 Å². The minimum absolute atomic E-state index is 0.101. The monoisotopic (exact) mass is 427 g/mol. The summed E-state index contributed by atoms with van der Waals surface area (Å²) in [6, 6.07) is 8.53. The summed E-state index contributed by atoms with van der Waals surface area (Å²) >= 11 is 0. The predicted molar refractivity (Wildman–Crippen MR) is 104 cm³/mol. The van der Waals surface area contributed by atoms with E-state index in [1.54, 1.807) is 30.7 Å². The molecule has 3 heterocycles. The summed E-state index contributed by atoms with van der Waals surface area (Å²) in [7, 11) is 0. The number of nitrogens with zero attached hydrogens (tertiary/aromatic N) is 6. The number of amides is 1. The lowest BCUT2D eigenvalue weighted by Gasteiger charge is -2.11. The van der Waals surface area contributed by atoms with Gasteiger partial charge in [-0.2, -0.15) is 13.2 Å². The highest BCUT2D eigenvalue weighted by atomic mass is 19.4. The highest BCUT2D eigenvalue weighted by Gasteiger charge is 2.34. The van der Waals surface area contributed by atoms with Crippen molar-refractivity contribution in [1.82, 2.24) is 34.8 Å². The Hall–Kier alpha value is -4.02. The number of aryl methyl sites for hydroxylation is 1. The lowest BCUT2D eigenvalue weighted by molar-refractivity contribution is -0.137. The largest absolute Gasteiger partial charge is 0.418 e. The van der Waals surface area contributed by atoms with E-state index in [2.05, 4.69) is 25.6 Å². The fourth-order valence-corrected chi connectivity index (χ4v) is 2.96. The first-order chi connectivity index (χ1) is 14.8. The Morgan fingerprint density at radius 2 is 1.94 bits per heavy atom. The quantitative estimate of drug-likeness (QED) is 0.529. The van der Waals surface area contributed by atoms with Crippen LogP contribution >= 0.6 is 0 Å². The van der Waals surface area contributed by atoms with Crippen LogP contribution in [0.15, 0.2) is 61.2 Å². The summed E-state index contributed by atoms with van der Waals surface area (Å²) in [6.45, 7) is 2.02. The number of nitrogens with one attached hydrogen (secondary N) is 1. The molecule has 1 aromatic carbocycles. The van der Waals surface area contributed by atoms with Crippen LogP contribution < -0.4 is 5.32 Å². The maximum absolute atomic E-state index is 13.2. The molecule has 0 aliphatic heterocycles. The summed E-state index contributed by atoms with van der Waals surface area (Å²) in [5.74, 6) is 0.922. The molecule has 4 aromatic rings. The van der Waals surface area contributed by atoms with E-state index in [1.807, 2.05) is 11.5 Å². The minimum atomic E-state index is -4.56. The molecule has 3 aromatic heterocycles. The molecule has 8 nitrogen and oxygen atoms in total. The van der Waals surface area contributed by atoms with Gasteiger partial charge in [0.1, 0.15) is 11.6 Å². The van der Waals surface area contributed by atoms with Crippen molar-refractivity contribution in [3.63, 3.8) is 0 Å². The first-order valence-corrected chi connectivity index (χ1v) is 9.15. The van der Waals surface area contributed by atoms with Gasteiger partial charge in [-0.3, -0.25) is 9.36 Å². The molecule has 0 fully saturated rings. The molecule has 0 aliphatic rings. The average molecular weight is 427 g/mol. The van der Waals surface area contributed by atoms with Crippen molar-refractivity contribution >= 4 is 5.91 Å². The van der Waals surface area contributed by atoms with Gasteiger partial charge >= 0.3 is 6.18 Å². The molecule has 0 bridgehead atoms. The molecular formula is C20H16F3N7O. The van der Waals surface area contributed by atoms with E-state index in [9.17, 15) is 18.0 Å². The van der Waals surface area contributed by atoms with Crippen molar-refractivity contribution in [3.8, 4) is 11.5 Å². The molecule has 0 saturated heterocycles. The summed E-state index contributed by atoms with van der Waals surface area (Å²) in [6.07, 6.45) is 1.68. The van der Waals surface area contributed by atoms with E-state index in [0.717, 1.165) is 28.3 Å². The van der Waals surface area contributed by atoms with Gasteiger partial charge in [0.2, 0.25) is 0 Å². The Morgan fingerprint density at radius 3 is 2.61 bits per heavy atom. The number of carbonyl (C=O) groups is 1. The van der Waals surface area contributed by atoms with Crippen LogP contribution in [0.5, 0.6) is 0 Å². The van der Waals surface area contributed by atoms with Crippen molar-refractivity contribution in [2.24, 2.45) is 0 Å². The van der Waals surface area contributed by atoms with Crippen LogP contribution in [0, 0.1) is 6.92 Å². The fraction of sp³-hybridized carbons (Fsp3) is 0.150. The number of alkyl halides is 3. The van der Waals surface area contributed by atoms with Crippen LogP contribution in [-0.2, 0) is 12.7 Å². The number of hydrogen-bond acceptors (Lipinski definition) is 5. The second-order valence-corrected chi connectivity index (χ2v) is 6.62. The van der Waals surface area contributed by atoms with Gasteiger partial charge in [-0.15, -0.1) is 5.10 Å². The number of benzene rings is 1. The standard InChI is InChI=1S/C20H16F3N7O/c1-13-24-8-9-29(13)18-7-6-14(10-25-18)11-26-19(31)16-12-30(28-27-16)17-5-3-2-4-15(17)20(21,22)23/h2-10,12H,11H2,1H3,(H,26,31). The predicted octanol–water partition coefficient (Wildman–Crippen LogP) is 3.11. The van der Waals surface area contributed by atoms with Crippen molar-refractivity contribution in [1.29, 1.82) is 0 Å². The Bertz CT molecular complexity index is 1210. The third-order valence-electron chi connectivity index (χ3n) is 4.52. The summed E-state index contributed by atoms with van der Waals surface area (Å²) in [5.41, 5.74) is -0.442. The van der Waals surface area contributed by atoms with Crippen molar-refractivity contribution in [3.05, 3.63) is 83.8 Å². The van der Waals surface area contributed by atoms with Crippen LogP contribution in [0.25, 0.3) is 11.5 Å². The zero-order valence-electron chi connectivity index (χ0n) is 16.2. The Balaban J connectivity index is 1.44. The number of para-hydroxylation sites is 1. The van der Waals surface area contributed by atoms with E-state index in [-0.39, 0.29) is 17.9 Å². The maximum Gasteiger partial charge on any atom is 0.418 e. The van der Waals surface area contributed by atoms with Crippen LogP contribution in [0.1, 0.15) is 27.4 Å². The molecule has 1 amide bonds. The SMILES string of the molecule is Cc1nccn1-c1ccc(CNC(=O)c2cn(-c3ccccc3C(F)(F)F)nn2)cn1. The number of imidazole rings is 1. The first-order valence-electron chi connectivity index (χ1n) is 9.15. The molecule has 0 radical (unpaired) electrons. The number of aromatic nitrogens is 6. The second-order valence-electron chi connectivity index (χ2n) is 6.62. The first kappa shape index (κ1) is 20.3. The molecule has 0 atom stereocenters. The molecule has 1 N–H and O–H groups in total. The van der Waals surface area contributed by atoms with E-state index in [1.165, 1.54) is 18.2 Å². The van der Waals surface area contributed by atoms with Gasteiger partial charge < -0.3 is 5.32 Å².